The maximum absolute atomic E-state index is 9.52. The van der Waals surface area contributed by atoms with Crippen molar-refractivity contribution in [2.75, 3.05) is 33.4 Å². The number of ether oxygens (including phenoxy) is 2. The molecule has 0 amide bonds. The lowest BCUT2D eigenvalue weighted by atomic mass is 10.0. The summed E-state index contributed by atoms with van der Waals surface area (Å²) in [6.07, 6.45) is 4.95. The molecule has 1 N–H and O–H groups in total. The largest absolute Gasteiger partial charge is 0.479 e. The lowest BCUT2D eigenvalue weighted by molar-refractivity contribution is 0.0560. The molecule has 20 heavy (non-hydrogen) atoms. The summed E-state index contributed by atoms with van der Waals surface area (Å²) in [5.74, 6) is -0.438. The molecule has 0 bridgehead atoms. The van der Waals surface area contributed by atoms with Crippen LogP contribution in [0.3, 0.4) is 0 Å². The van der Waals surface area contributed by atoms with E-state index >= 15 is 0 Å². The Bertz CT molecular complexity index is 482. The van der Waals surface area contributed by atoms with Gasteiger partial charge in [-0.05, 0) is 19.3 Å². The van der Waals surface area contributed by atoms with Crippen LogP contribution in [0.4, 0.5) is 0 Å². The molecule has 0 radical (unpaired) electrons. The number of aliphatic imine (C=N–C) groups is 1. The summed E-state index contributed by atoms with van der Waals surface area (Å²) in [5, 5.41) is 18.6. The number of nitrogens with zero attached hydrogens (tertiary/aromatic N) is 3. The molecule has 0 aromatic heterocycles. The summed E-state index contributed by atoms with van der Waals surface area (Å²) in [5.41, 5.74) is 1.80. The zero-order valence-corrected chi connectivity index (χ0v) is 11.6. The fourth-order valence-corrected chi connectivity index (χ4v) is 2.34. The normalized spacial score (nSPS) is 22.9. The van der Waals surface area contributed by atoms with Gasteiger partial charge in [-0.25, -0.2) is 4.99 Å². The van der Waals surface area contributed by atoms with Crippen LogP contribution in [-0.4, -0.2) is 49.1 Å². The first kappa shape index (κ1) is 14.4. The van der Waals surface area contributed by atoms with E-state index in [0.717, 1.165) is 43.8 Å². The first-order chi connectivity index (χ1) is 9.76. The highest BCUT2D eigenvalue weighted by atomic mass is 16.6. The van der Waals surface area contributed by atoms with Gasteiger partial charge < -0.3 is 19.5 Å². The first-order valence-electron chi connectivity index (χ1n) is 6.74. The van der Waals surface area contributed by atoms with Crippen molar-refractivity contribution < 1.29 is 14.6 Å². The van der Waals surface area contributed by atoms with Crippen molar-refractivity contribution in [3.8, 4) is 6.07 Å². The SMILES string of the molecule is CO/C(O)=C(\C#N)N=C1CCCC=C1N1CCOCC1. The highest BCUT2D eigenvalue weighted by molar-refractivity contribution is 6.01. The van der Waals surface area contributed by atoms with Crippen molar-refractivity contribution in [3.63, 3.8) is 0 Å². The van der Waals surface area contributed by atoms with E-state index in [0.29, 0.717) is 13.2 Å². The number of morpholine rings is 1. The molecule has 1 aliphatic carbocycles. The number of aliphatic hydroxyl groups is 1. The molecule has 0 atom stereocenters. The van der Waals surface area contributed by atoms with E-state index in [9.17, 15) is 5.11 Å². The minimum Gasteiger partial charge on any atom is -0.479 e. The maximum Gasteiger partial charge on any atom is 0.314 e. The number of nitriles is 1. The predicted octanol–water partition coefficient (Wildman–Crippen LogP) is 1.72. The highest BCUT2D eigenvalue weighted by Gasteiger charge is 2.21. The van der Waals surface area contributed by atoms with Gasteiger partial charge in [-0.2, -0.15) is 5.26 Å². The molecular weight excluding hydrogens is 258 g/mol. The van der Waals surface area contributed by atoms with E-state index in [2.05, 4.69) is 20.7 Å². The van der Waals surface area contributed by atoms with Crippen LogP contribution < -0.4 is 0 Å². The number of allylic oxidation sites excluding steroid dienone is 3. The van der Waals surface area contributed by atoms with Gasteiger partial charge in [-0.15, -0.1) is 0 Å². The third-order valence-corrected chi connectivity index (χ3v) is 3.35. The van der Waals surface area contributed by atoms with E-state index in [1.165, 1.54) is 7.11 Å². The average Bonchev–Trinajstić information content (AvgIpc) is 2.53. The van der Waals surface area contributed by atoms with Crippen molar-refractivity contribution in [2.45, 2.75) is 19.3 Å². The summed E-state index contributed by atoms with van der Waals surface area (Å²) in [6, 6.07) is 1.87. The van der Waals surface area contributed by atoms with Crippen molar-refractivity contribution >= 4 is 5.71 Å². The standard InChI is InChI=1S/C14H19N3O3/c1-19-14(18)12(10-15)16-11-4-2-3-5-13(11)17-6-8-20-9-7-17/h5,18H,2-4,6-9H2,1H3/b14-12+,16-11?. The molecular formula is C14H19N3O3. The van der Waals surface area contributed by atoms with E-state index in [1.807, 2.05) is 6.07 Å². The Kier molecular flexibility index (Phi) is 5.02. The van der Waals surface area contributed by atoms with Crippen molar-refractivity contribution in [2.24, 2.45) is 4.99 Å². The summed E-state index contributed by atoms with van der Waals surface area (Å²) in [6.45, 7) is 3.06. The molecule has 1 heterocycles. The Morgan fingerprint density at radius 2 is 2.25 bits per heavy atom. The van der Waals surface area contributed by atoms with E-state index < -0.39 is 5.95 Å². The highest BCUT2D eigenvalue weighted by Crippen LogP contribution is 2.22. The van der Waals surface area contributed by atoms with E-state index in [-0.39, 0.29) is 5.70 Å². The van der Waals surface area contributed by atoms with Gasteiger partial charge in [0.1, 0.15) is 6.07 Å². The fraction of sp³-hybridized carbons (Fsp3) is 0.571. The van der Waals surface area contributed by atoms with Gasteiger partial charge in [0.2, 0.25) is 5.70 Å². The van der Waals surface area contributed by atoms with Gasteiger partial charge >= 0.3 is 5.95 Å². The van der Waals surface area contributed by atoms with Crippen LogP contribution >= 0.6 is 0 Å². The molecule has 108 valence electrons. The zero-order valence-electron chi connectivity index (χ0n) is 11.6. The fourth-order valence-electron chi connectivity index (χ4n) is 2.34. The van der Waals surface area contributed by atoms with Crippen molar-refractivity contribution in [1.29, 1.82) is 5.26 Å². The van der Waals surface area contributed by atoms with Crippen LogP contribution in [0.5, 0.6) is 0 Å². The molecule has 1 fully saturated rings. The van der Waals surface area contributed by atoms with Crippen molar-refractivity contribution in [3.05, 3.63) is 23.4 Å². The van der Waals surface area contributed by atoms with Crippen LogP contribution in [0.25, 0.3) is 0 Å². The Balaban J connectivity index is 2.26. The second-order valence-electron chi connectivity index (χ2n) is 4.61. The van der Waals surface area contributed by atoms with Crippen LogP contribution in [0.2, 0.25) is 0 Å². The second kappa shape index (κ2) is 6.96. The molecule has 0 unspecified atom stereocenters. The van der Waals surface area contributed by atoms with Crippen LogP contribution in [0, 0.1) is 11.3 Å². The van der Waals surface area contributed by atoms with Gasteiger partial charge in [-0.1, -0.05) is 6.08 Å². The van der Waals surface area contributed by atoms with Gasteiger partial charge in [0.15, 0.2) is 0 Å². The molecule has 6 nitrogen and oxygen atoms in total. The first-order valence-corrected chi connectivity index (χ1v) is 6.74. The topological polar surface area (TPSA) is 78.1 Å². The van der Waals surface area contributed by atoms with Crippen molar-refractivity contribution in [1.82, 2.24) is 4.90 Å². The zero-order chi connectivity index (χ0) is 14.4. The van der Waals surface area contributed by atoms with Crippen LogP contribution in [-0.2, 0) is 9.47 Å². The number of rotatable bonds is 3. The van der Waals surface area contributed by atoms with E-state index in [4.69, 9.17) is 10.00 Å². The van der Waals surface area contributed by atoms with Gasteiger partial charge in [0.25, 0.3) is 0 Å². The van der Waals surface area contributed by atoms with E-state index in [1.54, 1.807) is 0 Å². The number of methoxy groups -OCH3 is 1. The molecule has 1 aliphatic heterocycles. The molecule has 0 aromatic carbocycles. The second-order valence-corrected chi connectivity index (χ2v) is 4.61. The molecule has 0 saturated carbocycles. The Morgan fingerprint density at radius 3 is 2.90 bits per heavy atom. The average molecular weight is 277 g/mol. The minimum absolute atomic E-state index is 0.0800. The van der Waals surface area contributed by atoms with Gasteiger partial charge in [0.05, 0.1) is 31.7 Å². The summed E-state index contributed by atoms with van der Waals surface area (Å²) in [7, 11) is 1.31. The lowest BCUT2D eigenvalue weighted by Crippen LogP contribution is -2.38. The van der Waals surface area contributed by atoms with Crippen LogP contribution in [0.1, 0.15) is 19.3 Å². The Morgan fingerprint density at radius 1 is 1.50 bits per heavy atom. The monoisotopic (exact) mass is 277 g/mol. The molecule has 2 rings (SSSR count). The molecule has 1 saturated heterocycles. The summed E-state index contributed by atoms with van der Waals surface area (Å²) < 4.78 is 10.0. The predicted molar refractivity (Wildman–Crippen MR) is 74.0 cm³/mol. The Hall–Kier alpha value is -2.00. The molecule has 0 aromatic rings. The summed E-state index contributed by atoms with van der Waals surface area (Å²) in [4.78, 5) is 6.51. The maximum atomic E-state index is 9.52. The smallest absolute Gasteiger partial charge is 0.314 e. The third-order valence-electron chi connectivity index (χ3n) is 3.35. The van der Waals surface area contributed by atoms with Gasteiger partial charge in [0, 0.05) is 13.1 Å². The summed E-state index contributed by atoms with van der Waals surface area (Å²) >= 11 is 0. The molecule has 6 heteroatoms. The minimum atomic E-state index is -0.438. The molecule has 2 aliphatic rings. The van der Waals surface area contributed by atoms with Crippen LogP contribution in [0.15, 0.2) is 28.4 Å². The number of hydrogen-bond acceptors (Lipinski definition) is 6. The van der Waals surface area contributed by atoms with Gasteiger partial charge in [-0.3, -0.25) is 0 Å². The third kappa shape index (κ3) is 3.31. The molecule has 0 spiro atoms. The Labute approximate surface area is 118 Å². The quantitative estimate of drug-likeness (QED) is 0.628. The lowest BCUT2D eigenvalue weighted by Gasteiger charge is -2.33. The number of aliphatic hydroxyl groups excluding tert-OH is 1. The number of hydrogen-bond donors (Lipinski definition) is 1.